The van der Waals surface area contributed by atoms with E-state index < -0.39 is 0 Å². The van der Waals surface area contributed by atoms with Gasteiger partial charge >= 0.3 is 0 Å². The molecule has 5 heteroatoms. The summed E-state index contributed by atoms with van der Waals surface area (Å²) in [6.07, 6.45) is 0. The van der Waals surface area contributed by atoms with E-state index >= 15 is 0 Å². The Labute approximate surface area is 175 Å². The second-order valence-corrected chi connectivity index (χ2v) is 6.04. The lowest BCUT2D eigenvalue weighted by molar-refractivity contribution is 0.296. The van der Waals surface area contributed by atoms with Crippen molar-refractivity contribution < 1.29 is 0 Å². The zero-order chi connectivity index (χ0) is 17.9. The molecule has 26 heavy (non-hydrogen) atoms. The summed E-state index contributed by atoms with van der Waals surface area (Å²) in [5.41, 5.74) is 3.86. The van der Waals surface area contributed by atoms with Crippen LogP contribution in [0.15, 0.2) is 59.6 Å². The van der Waals surface area contributed by atoms with Gasteiger partial charge in [0.05, 0.1) is 0 Å². The Morgan fingerprint density at radius 1 is 0.808 bits per heavy atom. The van der Waals surface area contributed by atoms with Crippen molar-refractivity contribution in [2.75, 3.05) is 20.1 Å². The van der Waals surface area contributed by atoms with Crippen LogP contribution in [0.25, 0.3) is 0 Å². The standard InChI is InChI=1S/C21H30N4.HI/c1-4-25(5-2)17-20-13-11-19(12-14-20)16-24-21(22-3)23-15-18-9-7-6-8-10-18;/h6-14H,4-5,15-17H2,1-3H3,(H2,22,23,24);1H. The third kappa shape index (κ3) is 7.74. The highest BCUT2D eigenvalue weighted by Gasteiger charge is 2.02. The molecule has 0 heterocycles. The molecule has 0 atom stereocenters. The van der Waals surface area contributed by atoms with Gasteiger partial charge in [-0.25, -0.2) is 0 Å². The molecule has 0 saturated heterocycles. The highest BCUT2D eigenvalue weighted by Crippen LogP contribution is 2.07. The summed E-state index contributed by atoms with van der Waals surface area (Å²) >= 11 is 0. The minimum atomic E-state index is 0. The van der Waals surface area contributed by atoms with Crippen molar-refractivity contribution >= 4 is 29.9 Å². The third-order valence-electron chi connectivity index (χ3n) is 4.31. The molecule has 0 aliphatic heterocycles. The molecule has 0 fully saturated rings. The second-order valence-electron chi connectivity index (χ2n) is 6.04. The van der Waals surface area contributed by atoms with Crippen molar-refractivity contribution in [3.05, 3.63) is 71.3 Å². The molecule has 2 aromatic rings. The van der Waals surface area contributed by atoms with Gasteiger partial charge < -0.3 is 10.6 Å². The molecule has 0 aliphatic rings. The Morgan fingerprint density at radius 2 is 1.31 bits per heavy atom. The first-order chi connectivity index (χ1) is 12.2. The van der Waals surface area contributed by atoms with E-state index in [1.54, 1.807) is 7.05 Å². The second kappa shape index (κ2) is 12.7. The summed E-state index contributed by atoms with van der Waals surface area (Å²) in [4.78, 5) is 6.70. The summed E-state index contributed by atoms with van der Waals surface area (Å²) in [5, 5.41) is 6.71. The fourth-order valence-corrected chi connectivity index (χ4v) is 2.66. The minimum Gasteiger partial charge on any atom is -0.352 e. The highest BCUT2D eigenvalue weighted by molar-refractivity contribution is 14.0. The molecule has 142 valence electrons. The van der Waals surface area contributed by atoms with Crippen LogP contribution in [0.5, 0.6) is 0 Å². The van der Waals surface area contributed by atoms with Crippen LogP contribution in [-0.4, -0.2) is 31.0 Å². The Hall–Kier alpha value is -1.60. The van der Waals surface area contributed by atoms with Gasteiger partial charge in [-0.3, -0.25) is 9.89 Å². The van der Waals surface area contributed by atoms with Crippen LogP contribution in [0.2, 0.25) is 0 Å². The first kappa shape index (κ1) is 22.4. The van der Waals surface area contributed by atoms with Crippen LogP contribution in [0, 0.1) is 0 Å². The van der Waals surface area contributed by atoms with Gasteiger partial charge in [0.25, 0.3) is 0 Å². The third-order valence-corrected chi connectivity index (χ3v) is 4.31. The molecule has 2 N–H and O–H groups in total. The van der Waals surface area contributed by atoms with Gasteiger partial charge in [-0.1, -0.05) is 68.4 Å². The van der Waals surface area contributed by atoms with Gasteiger partial charge in [0.15, 0.2) is 5.96 Å². The number of hydrogen-bond acceptors (Lipinski definition) is 2. The predicted molar refractivity (Wildman–Crippen MR) is 122 cm³/mol. The monoisotopic (exact) mass is 466 g/mol. The first-order valence-corrected chi connectivity index (χ1v) is 9.03. The van der Waals surface area contributed by atoms with E-state index in [-0.39, 0.29) is 24.0 Å². The maximum Gasteiger partial charge on any atom is 0.191 e. The zero-order valence-electron chi connectivity index (χ0n) is 16.0. The fraction of sp³-hybridized carbons (Fsp3) is 0.381. The van der Waals surface area contributed by atoms with Gasteiger partial charge in [0.1, 0.15) is 0 Å². The van der Waals surface area contributed by atoms with Gasteiger partial charge in [-0.2, -0.15) is 0 Å². The number of benzene rings is 2. The topological polar surface area (TPSA) is 39.7 Å². The van der Waals surface area contributed by atoms with Crippen LogP contribution in [-0.2, 0) is 19.6 Å². The van der Waals surface area contributed by atoms with Crippen molar-refractivity contribution in [2.45, 2.75) is 33.5 Å². The highest BCUT2D eigenvalue weighted by atomic mass is 127. The molecule has 0 aliphatic carbocycles. The number of rotatable bonds is 8. The average molecular weight is 466 g/mol. The summed E-state index contributed by atoms with van der Waals surface area (Å²) in [7, 11) is 1.80. The van der Waals surface area contributed by atoms with Gasteiger partial charge in [0, 0.05) is 26.7 Å². The minimum absolute atomic E-state index is 0. The van der Waals surface area contributed by atoms with E-state index in [1.165, 1.54) is 16.7 Å². The van der Waals surface area contributed by atoms with Crippen LogP contribution in [0.3, 0.4) is 0 Å². The van der Waals surface area contributed by atoms with Crippen LogP contribution >= 0.6 is 24.0 Å². The quantitative estimate of drug-likeness (QED) is 0.351. The molecule has 4 nitrogen and oxygen atoms in total. The number of halogens is 1. The van der Waals surface area contributed by atoms with Crippen molar-refractivity contribution in [2.24, 2.45) is 4.99 Å². The number of hydrogen-bond donors (Lipinski definition) is 2. The normalized spacial score (nSPS) is 11.2. The Balaban J connectivity index is 0.00000338. The zero-order valence-corrected chi connectivity index (χ0v) is 18.4. The smallest absolute Gasteiger partial charge is 0.191 e. The van der Waals surface area contributed by atoms with Gasteiger partial charge in [0.2, 0.25) is 0 Å². The van der Waals surface area contributed by atoms with Crippen molar-refractivity contribution in [1.29, 1.82) is 0 Å². The molecule has 0 unspecified atom stereocenters. The molecule has 2 aromatic carbocycles. The summed E-state index contributed by atoms with van der Waals surface area (Å²) in [5.74, 6) is 0.816. The van der Waals surface area contributed by atoms with E-state index in [9.17, 15) is 0 Å². The summed E-state index contributed by atoms with van der Waals surface area (Å²) in [6.45, 7) is 9.13. The Kier molecular flexibility index (Phi) is 11.0. The van der Waals surface area contributed by atoms with Crippen LogP contribution < -0.4 is 10.6 Å². The maximum absolute atomic E-state index is 4.29. The SMILES string of the molecule is CCN(CC)Cc1ccc(CNC(=NC)NCc2ccccc2)cc1.I. The average Bonchev–Trinajstić information content (AvgIpc) is 2.68. The Bertz CT molecular complexity index is 637. The first-order valence-electron chi connectivity index (χ1n) is 9.03. The van der Waals surface area contributed by atoms with E-state index in [4.69, 9.17) is 0 Å². The molecule has 0 spiro atoms. The summed E-state index contributed by atoms with van der Waals surface area (Å²) < 4.78 is 0. The molecule has 0 saturated carbocycles. The van der Waals surface area contributed by atoms with E-state index in [0.717, 1.165) is 38.7 Å². The molecule has 0 aromatic heterocycles. The fourth-order valence-electron chi connectivity index (χ4n) is 2.66. The van der Waals surface area contributed by atoms with Gasteiger partial charge in [-0.05, 0) is 29.8 Å². The molecular formula is C21H31IN4. The summed E-state index contributed by atoms with van der Waals surface area (Å²) in [6, 6.07) is 19.2. The van der Waals surface area contributed by atoms with Crippen molar-refractivity contribution in [3.63, 3.8) is 0 Å². The molecule has 0 radical (unpaired) electrons. The number of nitrogens with zero attached hydrogens (tertiary/aromatic N) is 2. The molecular weight excluding hydrogens is 435 g/mol. The number of aliphatic imine (C=N–C) groups is 1. The lowest BCUT2D eigenvalue weighted by atomic mass is 10.1. The van der Waals surface area contributed by atoms with E-state index in [1.807, 2.05) is 18.2 Å². The van der Waals surface area contributed by atoms with Crippen molar-refractivity contribution in [3.8, 4) is 0 Å². The van der Waals surface area contributed by atoms with Crippen LogP contribution in [0.1, 0.15) is 30.5 Å². The predicted octanol–water partition coefficient (Wildman–Crippen LogP) is 4.01. The largest absolute Gasteiger partial charge is 0.352 e. The van der Waals surface area contributed by atoms with Gasteiger partial charge in [-0.15, -0.1) is 24.0 Å². The van der Waals surface area contributed by atoms with E-state index in [0.29, 0.717) is 0 Å². The number of nitrogens with one attached hydrogen (secondary N) is 2. The molecule has 2 rings (SSSR count). The maximum atomic E-state index is 4.29. The lowest BCUT2D eigenvalue weighted by Crippen LogP contribution is -2.36. The van der Waals surface area contributed by atoms with Crippen molar-refractivity contribution in [1.82, 2.24) is 15.5 Å². The Morgan fingerprint density at radius 3 is 1.81 bits per heavy atom. The van der Waals surface area contributed by atoms with Crippen LogP contribution in [0.4, 0.5) is 0 Å². The molecule has 0 amide bonds. The lowest BCUT2D eigenvalue weighted by Gasteiger charge is -2.18. The van der Waals surface area contributed by atoms with E-state index in [2.05, 4.69) is 70.8 Å². The number of guanidine groups is 1. The molecule has 0 bridgehead atoms.